The zero-order chi connectivity index (χ0) is 16.8. The topological polar surface area (TPSA) is 62.1 Å². The lowest BCUT2D eigenvalue weighted by atomic mass is 9.98. The lowest BCUT2D eigenvalue weighted by molar-refractivity contribution is 0.437. The van der Waals surface area contributed by atoms with Crippen LogP contribution in [0.1, 0.15) is 38.7 Å². The number of rotatable bonds is 14. The summed E-state index contributed by atoms with van der Waals surface area (Å²) in [4.78, 5) is 0. The average Bonchev–Trinajstić information content (AvgIpc) is 2.56. The fourth-order valence-electron chi connectivity index (χ4n) is 2.60. The van der Waals surface area contributed by atoms with Crippen LogP contribution >= 0.6 is 0 Å². The van der Waals surface area contributed by atoms with Gasteiger partial charge in [0, 0.05) is 18.8 Å². The first-order valence-electron chi connectivity index (χ1n) is 9.22. The van der Waals surface area contributed by atoms with E-state index < -0.39 is 0 Å². The molecule has 4 nitrogen and oxygen atoms in total. The van der Waals surface area contributed by atoms with Crippen molar-refractivity contribution in [1.82, 2.24) is 16.0 Å². The van der Waals surface area contributed by atoms with E-state index in [1.807, 2.05) is 12.1 Å². The minimum absolute atomic E-state index is 0.612. The van der Waals surface area contributed by atoms with Gasteiger partial charge in [-0.3, -0.25) is 0 Å². The van der Waals surface area contributed by atoms with Crippen LogP contribution in [0.15, 0.2) is 24.3 Å². The second-order valence-corrected chi connectivity index (χ2v) is 6.32. The highest BCUT2D eigenvalue weighted by Gasteiger charge is 2.09. The van der Waals surface area contributed by atoms with E-state index in [4.69, 9.17) is 5.73 Å². The molecule has 0 spiro atoms. The Bertz CT molecular complexity index is 377. The maximum atomic E-state index is 5.77. The van der Waals surface area contributed by atoms with E-state index in [0.29, 0.717) is 5.92 Å². The Morgan fingerprint density at radius 3 is 2.13 bits per heavy atom. The standard InChI is InChI=1S/C19H36N4/c1-3-5-11-21-12-13-23-16-18(15-22-10-4-2)14-17-6-8-19(20)9-7-17/h6-9,18,21-23H,3-5,10-16,20H2,1-2H3. The van der Waals surface area contributed by atoms with Gasteiger partial charge >= 0.3 is 0 Å². The van der Waals surface area contributed by atoms with Gasteiger partial charge in [0.15, 0.2) is 0 Å². The molecule has 1 unspecified atom stereocenters. The van der Waals surface area contributed by atoms with Crippen LogP contribution in [0.3, 0.4) is 0 Å². The molecule has 0 amide bonds. The monoisotopic (exact) mass is 320 g/mol. The van der Waals surface area contributed by atoms with Crippen molar-refractivity contribution < 1.29 is 0 Å². The molecule has 0 fully saturated rings. The molecule has 0 saturated heterocycles. The third kappa shape index (κ3) is 10.3. The van der Waals surface area contributed by atoms with E-state index in [-0.39, 0.29) is 0 Å². The zero-order valence-corrected chi connectivity index (χ0v) is 15.0. The second-order valence-electron chi connectivity index (χ2n) is 6.32. The Morgan fingerprint density at radius 2 is 1.48 bits per heavy atom. The van der Waals surface area contributed by atoms with Crippen molar-refractivity contribution in [2.45, 2.75) is 39.5 Å². The number of nitrogen functional groups attached to an aromatic ring is 1. The minimum atomic E-state index is 0.612. The minimum Gasteiger partial charge on any atom is -0.399 e. The summed E-state index contributed by atoms with van der Waals surface area (Å²) in [5.74, 6) is 0.612. The van der Waals surface area contributed by atoms with E-state index in [0.717, 1.165) is 51.4 Å². The predicted octanol–water partition coefficient (Wildman–Crippen LogP) is 2.41. The first-order valence-corrected chi connectivity index (χ1v) is 9.22. The van der Waals surface area contributed by atoms with Gasteiger partial charge in [0.2, 0.25) is 0 Å². The number of nitrogens with one attached hydrogen (secondary N) is 3. The third-order valence-corrected chi connectivity index (χ3v) is 3.98. The number of benzene rings is 1. The van der Waals surface area contributed by atoms with Crippen LogP contribution in [0.5, 0.6) is 0 Å². The van der Waals surface area contributed by atoms with E-state index in [1.165, 1.54) is 24.8 Å². The van der Waals surface area contributed by atoms with Gasteiger partial charge in [0.1, 0.15) is 0 Å². The summed E-state index contributed by atoms with van der Waals surface area (Å²) in [5, 5.41) is 10.6. The molecule has 0 bridgehead atoms. The average molecular weight is 321 g/mol. The molecule has 0 saturated carbocycles. The summed E-state index contributed by atoms with van der Waals surface area (Å²) >= 11 is 0. The fourth-order valence-corrected chi connectivity index (χ4v) is 2.60. The number of hydrogen-bond acceptors (Lipinski definition) is 4. The van der Waals surface area contributed by atoms with Crippen molar-refractivity contribution in [1.29, 1.82) is 0 Å². The molecule has 23 heavy (non-hydrogen) atoms. The highest BCUT2D eigenvalue weighted by atomic mass is 14.9. The number of anilines is 1. The molecule has 1 atom stereocenters. The highest BCUT2D eigenvalue weighted by Crippen LogP contribution is 2.11. The molecule has 0 aliphatic heterocycles. The van der Waals surface area contributed by atoms with Gasteiger partial charge in [-0.15, -0.1) is 0 Å². The lowest BCUT2D eigenvalue weighted by Gasteiger charge is -2.19. The van der Waals surface area contributed by atoms with Crippen molar-refractivity contribution in [3.05, 3.63) is 29.8 Å². The Morgan fingerprint density at radius 1 is 0.826 bits per heavy atom. The molecular weight excluding hydrogens is 284 g/mol. The third-order valence-electron chi connectivity index (χ3n) is 3.98. The molecule has 5 N–H and O–H groups in total. The quantitative estimate of drug-likeness (QED) is 0.314. The van der Waals surface area contributed by atoms with E-state index >= 15 is 0 Å². The molecule has 0 radical (unpaired) electrons. The molecule has 4 heteroatoms. The van der Waals surface area contributed by atoms with Crippen molar-refractivity contribution >= 4 is 5.69 Å². The van der Waals surface area contributed by atoms with Gasteiger partial charge in [-0.1, -0.05) is 32.4 Å². The van der Waals surface area contributed by atoms with Crippen LogP contribution in [0.25, 0.3) is 0 Å². The number of nitrogens with two attached hydrogens (primary N) is 1. The Hall–Kier alpha value is -1.10. The summed E-state index contributed by atoms with van der Waals surface area (Å²) in [6, 6.07) is 8.29. The zero-order valence-electron chi connectivity index (χ0n) is 15.0. The normalized spacial score (nSPS) is 12.4. The molecule has 0 aliphatic rings. The first-order chi connectivity index (χ1) is 11.3. The molecular formula is C19H36N4. The van der Waals surface area contributed by atoms with Crippen LogP contribution in [-0.2, 0) is 6.42 Å². The maximum Gasteiger partial charge on any atom is 0.0314 e. The van der Waals surface area contributed by atoms with Crippen LogP contribution in [0, 0.1) is 5.92 Å². The smallest absolute Gasteiger partial charge is 0.0314 e. The molecule has 0 aliphatic carbocycles. The van der Waals surface area contributed by atoms with E-state index in [9.17, 15) is 0 Å². The summed E-state index contributed by atoms with van der Waals surface area (Å²) in [7, 11) is 0. The molecule has 1 rings (SSSR count). The first kappa shape index (κ1) is 19.9. The van der Waals surface area contributed by atoms with Gasteiger partial charge in [0.25, 0.3) is 0 Å². The molecule has 0 heterocycles. The van der Waals surface area contributed by atoms with Crippen molar-refractivity contribution in [3.8, 4) is 0 Å². The van der Waals surface area contributed by atoms with E-state index in [1.54, 1.807) is 0 Å². The number of unbranched alkanes of at least 4 members (excludes halogenated alkanes) is 1. The van der Waals surface area contributed by atoms with E-state index in [2.05, 4.69) is 41.9 Å². The van der Waals surface area contributed by atoms with Gasteiger partial charge in [-0.05, 0) is 69.1 Å². The second kappa shape index (κ2) is 13.3. The van der Waals surface area contributed by atoms with Crippen LogP contribution in [0.2, 0.25) is 0 Å². The van der Waals surface area contributed by atoms with Crippen molar-refractivity contribution in [3.63, 3.8) is 0 Å². The Kier molecular flexibility index (Phi) is 11.6. The van der Waals surface area contributed by atoms with Crippen molar-refractivity contribution in [2.75, 3.05) is 45.0 Å². The molecule has 1 aromatic rings. The van der Waals surface area contributed by atoms with Gasteiger partial charge < -0.3 is 21.7 Å². The largest absolute Gasteiger partial charge is 0.399 e. The predicted molar refractivity (Wildman–Crippen MR) is 102 cm³/mol. The van der Waals surface area contributed by atoms with Gasteiger partial charge in [0.05, 0.1) is 0 Å². The summed E-state index contributed by atoms with van der Waals surface area (Å²) < 4.78 is 0. The summed E-state index contributed by atoms with van der Waals surface area (Å²) in [6.07, 6.45) is 4.80. The van der Waals surface area contributed by atoms with Gasteiger partial charge in [-0.2, -0.15) is 0 Å². The number of hydrogen-bond donors (Lipinski definition) is 4. The molecule has 132 valence electrons. The van der Waals surface area contributed by atoms with Crippen LogP contribution in [0.4, 0.5) is 5.69 Å². The lowest BCUT2D eigenvalue weighted by Crippen LogP contribution is -2.36. The summed E-state index contributed by atoms with van der Waals surface area (Å²) in [5.41, 5.74) is 7.98. The SMILES string of the molecule is CCCCNCCNCC(CNCCC)Cc1ccc(N)cc1. The van der Waals surface area contributed by atoms with Crippen LogP contribution < -0.4 is 21.7 Å². The highest BCUT2D eigenvalue weighted by molar-refractivity contribution is 5.39. The Balaban J connectivity index is 2.29. The van der Waals surface area contributed by atoms with Gasteiger partial charge in [-0.25, -0.2) is 0 Å². The maximum absolute atomic E-state index is 5.77. The van der Waals surface area contributed by atoms with Crippen LogP contribution in [-0.4, -0.2) is 39.3 Å². The fraction of sp³-hybridized carbons (Fsp3) is 0.684. The van der Waals surface area contributed by atoms with Crippen molar-refractivity contribution in [2.24, 2.45) is 5.92 Å². The summed E-state index contributed by atoms with van der Waals surface area (Å²) in [6.45, 7) is 10.9. The Labute approximate surface area is 142 Å². The molecule has 0 aromatic heterocycles. The molecule has 1 aromatic carbocycles.